The van der Waals surface area contributed by atoms with Crippen molar-refractivity contribution in [3.05, 3.63) is 18.0 Å². The molecule has 1 aromatic heterocycles. The van der Waals surface area contributed by atoms with Gasteiger partial charge in [0, 0.05) is 11.1 Å². The summed E-state index contributed by atoms with van der Waals surface area (Å²) in [5, 5.41) is 0. The van der Waals surface area contributed by atoms with E-state index in [1.165, 1.54) is 17.7 Å². The second kappa shape index (κ2) is 4.44. The Bertz CT molecular complexity index is 347. The Labute approximate surface area is 95.4 Å². The lowest BCUT2D eigenvalue weighted by molar-refractivity contribution is 0.296. The molecule has 1 saturated carbocycles. The Morgan fingerprint density at radius 3 is 2.73 bits per heavy atom. The van der Waals surface area contributed by atoms with Crippen LogP contribution < -0.4 is 4.74 Å². The maximum absolute atomic E-state index is 5.88. The van der Waals surface area contributed by atoms with Gasteiger partial charge >= 0.3 is 0 Å². The fourth-order valence-electron chi connectivity index (χ4n) is 1.44. The summed E-state index contributed by atoms with van der Waals surface area (Å²) in [7, 11) is 0. The number of aromatic nitrogens is 1. The summed E-state index contributed by atoms with van der Waals surface area (Å²) in [6.45, 7) is 4.31. The maximum atomic E-state index is 5.88. The number of thioether (sulfide) groups is 1. The summed E-state index contributed by atoms with van der Waals surface area (Å²) in [5.74, 6) is 1.41. The highest BCUT2D eigenvalue weighted by Crippen LogP contribution is 2.33. The zero-order chi connectivity index (χ0) is 10.8. The Morgan fingerprint density at radius 2 is 2.20 bits per heavy atom. The number of hydrogen-bond donors (Lipinski definition) is 0. The molecule has 0 unspecified atom stereocenters. The molecule has 0 radical (unpaired) electrons. The van der Waals surface area contributed by atoms with Crippen LogP contribution in [0.1, 0.15) is 38.3 Å². The minimum Gasteiger partial charge on any atom is -0.488 e. The molecule has 0 amide bonds. The molecule has 0 saturated heterocycles. The predicted molar refractivity (Wildman–Crippen MR) is 63.8 cm³/mol. The third-order valence-corrected chi connectivity index (χ3v) is 3.15. The van der Waals surface area contributed by atoms with Crippen molar-refractivity contribution in [2.45, 2.75) is 43.6 Å². The first-order valence-corrected chi connectivity index (χ1v) is 6.63. The van der Waals surface area contributed by atoms with Gasteiger partial charge in [0.1, 0.15) is 5.75 Å². The van der Waals surface area contributed by atoms with Crippen molar-refractivity contribution in [1.82, 2.24) is 4.98 Å². The van der Waals surface area contributed by atoms with E-state index in [0.717, 1.165) is 11.4 Å². The van der Waals surface area contributed by atoms with Gasteiger partial charge in [-0.25, -0.2) is 0 Å². The van der Waals surface area contributed by atoms with Crippen molar-refractivity contribution in [3.63, 3.8) is 0 Å². The van der Waals surface area contributed by atoms with Crippen molar-refractivity contribution in [2.24, 2.45) is 0 Å². The monoisotopic (exact) mass is 223 g/mol. The van der Waals surface area contributed by atoms with Crippen molar-refractivity contribution in [2.75, 3.05) is 6.26 Å². The minimum absolute atomic E-state index is 0.426. The Kier molecular flexibility index (Phi) is 3.19. The standard InChI is InChI=1S/C12H17NOS/c1-8(2)12-11(14-9-4-5-9)6-10(15-3)7-13-12/h6-9H,4-5H2,1-3H3. The summed E-state index contributed by atoms with van der Waals surface area (Å²) < 4.78 is 5.88. The van der Waals surface area contributed by atoms with E-state index in [1.807, 2.05) is 6.20 Å². The third kappa shape index (κ3) is 2.65. The molecule has 82 valence electrons. The third-order valence-electron chi connectivity index (χ3n) is 2.46. The van der Waals surface area contributed by atoms with Crippen LogP contribution in [0.15, 0.2) is 17.2 Å². The van der Waals surface area contributed by atoms with E-state index in [4.69, 9.17) is 4.74 Å². The van der Waals surface area contributed by atoms with Gasteiger partial charge < -0.3 is 4.74 Å². The lowest BCUT2D eigenvalue weighted by atomic mass is 10.1. The first kappa shape index (κ1) is 10.8. The summed E-state index contributed by atoms with van der Waals surface area (Å²) >= 11 is 1.71. The molecule has 0 bridgehead atoms. The van der Waals surface area contributed by atoms with Crippen LogP contribution in [0.2, 0.25) is 0 Å². The van der Waals surface area contributed by atoms with E-state index >= 15 is 0 Å². The van der Waals surface area contributed by atoms with E-state index < -0.39 is 0 Å². The zero-order valence-corrected chi connectivity index (χ0v) is 10.3. The molecule has 1 heterocycles. The Morgan fingerprint density at radius 1 is 1.47 bits per heavy atom. The van der Waals surface area contributed by atoms with Crippen LogP contribution in [0.4, 0.5) is 0 Å². The quantitative estimate of drug-likeness (QED) is 0.730. The second-order valence-electron chi connectivity index (χ2n) is 4.23. The van der Waals surface area contributed by atoms with Crippen molar-refractivity contribution >= 4 is 11.8 Å². The topological polar surface area (TPSA) is 22.1 Å². The predicted octanol–water partition coefficient (Wildman–Crippen LogP) is 3.47. The molecule has 3 heteroatoms. The molecule has 1 aromatic rings. The molecule has 2 nitrogen and oxygen atoms in total. The van der Waals surface area contributed by atoms with Crippen LogP contribution in [-0.2, 0) is 0 Å². The van der Waals surface area contributed by atoms with E-state index in [-0.39, 0.29) is 0 Å². The van der Waals surface area contributed by atoms with Crippen molar-refractivity contribution in [3.8, 4) is 5.75 Å². The van der Waals surface area contributed by atoms with Crippen LogP contribution in [0.25, 0.3) is 0 Å². The first-order chi connectivity index (χ1) is 7.20. The molecule has 1 fully saturated rings. The molecule has 15 heavy (non-hydrogen) atoms. The molecule has 0 atom stereocenters. The average molecular weight is 223 g/mol. The molecule has 0 aromatic carbocycles. The van der Waals surface area contributed by atoms with Gasteiger partial charge in [-0.1, -0.05) is 13.8 Å². The van der Waals surface area contributed by atoms with Gasteiger partial charge in [-0.15, -0.1) is 11.8 Å². The number of hydrogen-bond acceptors (Lipinski definition) is 3. The number of rotatable bonds is 4. The first-order valence-electron chi connectivity index (χ1n) is 5.41. The Balaban J connectivity index is 2.26. The summed E-state index contributed by atoms with van der Waals surface area (Å²) in [6, 6.07) is 2.12. The average Bonchev–Trinajstić information content (AvgIpc) is 3.01. The van der Waals surface area contributed by atoms with Crippen LogP contribution in [-0.4, -0.2) is 17.3 Å². The fraction of sp³-hybridized carbons (Fsp3) is 0.583. The van der Waals surface area contributed by atoms with Crippen LogP contribution in [0.3, 0.4) is 0 Å². The summed E-state index contributed by atoms with van der Waals surface area (Å²) in [6.07, 6.45) is 6.83. The zero-order valence-electron chi connectivity index (χ0n) is 9.49. The largest absolute Gasteiger partial charge is 0.488 e. The number of nitrogens with zero attached hydrogens (tertiary/aromatic N) is 1. The number of pyridine rings is 1. The highest BCUT2D eigenvalue weighted by Gasteiger charge is 2.25. The fourth-order valence-corrected chi connectivity index (χ4v) is 1.83. The SMILES string of the molecule is CSc1cnc(C(C)C)c(OC2CC2)c1. The highest BCUT2D eigenvalue weighted by molar-refractivity contribution is 7.98. The molecule has 1 aliphatic rings. The van der Waals surface area contributed by atoms with Gasteiger partial charge in [0.05, 0.1) is 11.8 Å². The van der Waals surface area contributed by atoms with Gasteiger partial charge in [-0.05, 0) is 31.1 Å². The van der Waals surface area contributed by atoms with Gasteiger partial charge in [0.2, 0.25) is 0 Å². The summed E-state index contributed by atoms with van der Waals surface area (Å²) in [4.78, 5) is 5.66. The second-order valence-corrected chi connectivity index (χ2v) is 5.11. The number of ether oxygens (including phenoxy) is 1. The smallest absolute Gasteiger partial charge is 0.142 e. The summed E-state index contributed by atoms with van der Waals surface area (Å²) in [5.41, 5.74) is 1.08. The minimum atomic E-state index is 0.426. The van der Waals surface area contributed by atoms with Crippen LogP contribution >= 0.6 is 11.8 Å². The van der Waals surface area contributed by atoms with Crippen molar-refractivity contribution in [1.29, 1.82) is 0 Å². The maximum Gasteiger partial charge on any atom is 0.142 e. The molecule has 1 aliphatic carbocycles. The lowest BCUT2D eigenvalue weighted by Gasteiger charge is -2.13. The van der Waals surface area contributed by atoms with E-state index in [1.54, 1.807) is 11.8 Å². The van der Waals surface area contributed by atoms with Crippen molar-refractivity contribution < 1.29 is 4.74 Å². The Hall–Kier alpha value is -0.700. The van der Waals surface area contributed by atoms with Gasteiger partial charge in [-0.2, -0.15) is 0 Å². The van der Waals surface area contributed by atoms with Gasteiger partial charge in [0.25, 0.3) is 0 Å². The van der Waals surface area contributed by atoms with Gasteiger partial charge in [-0.3, -0.25) is 4.98 Å². The molecule has 0 aliphatic heterocycles. The molecular formula is C12H17NOS. The van der Waals surface area contributed by atoms with E-state index in [2.05, 4.69) is 31.2 Å². The van der Waals surface area contributed by atoms with Crippen LogP contribution in [0.5, 0.6) is 5.75 Å². The van der Waals surface area contributed by atoms with Gasteiger partial charge in [0.15, 0.2) is 0 Å². The van der Waals surface area contributed by atoms with E-state index in [9.17, 15) is 0 Å². The highest BCUT2D eigenvalue weighted by atomic mass is 32.2. The molecule has 0 spiro atoms. The normalized spacial score (nSPS) is 15.7. The molecule has 0 N–H and O–H groups in total. The van der Waals surface area contributed by atoms with Crippen LogP contribution in [0, 0.1) is 0 Å². The molecular weight excluding hydrogens is 206 g/mol. The van der Waals surface area contributed by atoms with E-state index in [0.29, 0.717) is 12.0 Å². The lowest BCUT2D eigenvalue weighted by Crippen LogP contribution is -2.03. The molecule has 2 rings (SSSR count).